The Morgan fingerprint density at radius 3 is 2.92 bits per heavy atom. The number of rotatable bonds is 4. The van der Waals surface area contributed by atoms with E-state index in [4.69, 9.17) is 21.1 Å². The van der Waals surface area contributed by atoms with Crippen molar-refractivity contribution in [1.82, 2.24) is 5.32 Å². The Hall–Kier alpha value is -2.40. The van der Waals surface area contributed by atoms with Crippen molar-refractivity contribution >= 4 is 23.2 Å². The van der Waals surface area contributed by atoms with Gasteiger partial charge in [0.25, 0.3) is 5.91 Å². The molecule has 3 rings (SSSR count). The van der Waals surface area contributed by atoms with E-state index in [1.165, 1.54) is 0 Å². The van der Waals surface area contributed by atoms with Gasteiger partial charge in [0.1, 0.15) is 11.5 Å². The van der Waals surface area contributed by atoms with Crippen LogP contribution in [0.2, 0.25) is 5.02 Å². The molecule has 1 N–H and O–H groups in total. The van der Waals surface area contributed by atoms with Crippen LogP contribution >= 0.6 is 11.6 Å². The third kappa shape index (κ3) is 3.26. The summed E-state index contributed by atoms with van der Waals surface area (Å²) >= 11 is 6.13. The van der Waals surface area contributed by atoms with Crippen LogP contribution < -0.4 is 19.7 Å². The number of nitrogens with one attached hydrogen (secondary N) is 1. The van der Waals surface area contributed by atoms with Crippen molar-refractivity contribution in [2.24, 2.45) is 0 Å². The van der Waals surface area contributed by atoms with Crippen LogP contribution in [-0.4, -0.2) is 32.7 Å². The second kappa shape index (κ2) is 7.01. The van der Waals surface area contributed by atoms with Gasteiger partial charge in [-0.1, -0.05) is 23.7 Å². The Morgan fingerprint density at radius 1 is 1.38 bits per heavy atom. The number of likely N-dealkylation sites (N-methyl/N-ethyl adjacent to an activating group) is 1. The quantitative estimate of drug-likeness (QED) is 0.925. The van der Waals surface area contributed by atoms with Crippen LogP contribution in [0.3, 0.4) is 0 Å². The van der Waals surface area contributed by atoms with E-state index in [9.17, 15) is 4.79 Å². The van der Waals surface area contributed by atoms with Crippen molar-refractivity contribution in [3.8, 4) is 11.5 Å². The predicted octanol–water partition coefficient (Wildman–Crippen LogP) is 2.86. The fourth-order valence-electron chi connectivity index (χ4n) is 2.83. The van der Waals surface area contributed by atoms with Gasteiger partial charge in [-0.3, -0.25) is 4.79 Å². The maximum absolute atomic E-state index is 12.0. The van der Waals surface area contributed by atoms with Crippen LogP contribution in [0.1, 0.15) is 5.56 Å². The number of methoxy groups -OCH3 is 1. The van der Waals surface area contributed by atoms with Gasteiger partial charge in [-0.25, -0.2) is 0 Å². The van der Waals surface area contributed by atoms with Crippen LogP contribution in [-0.2, 0) is 11.3 Å². The molecule has 0 radical (unpaired) electrons. The molecule has 1 amide bonds. The molecule has 0 aromatic heterocycles. The summed E-state index contributed by atoms with van der Waals surface area (Å²) in [6, 6.07) is 13.2. The molecule has 1 aliphatic rings. The number of hydrogen-bond donors (Lipinski definition) is 1. The number of carbonyl (C=O) groups is 1. The smallest absolute Gasteiger partial charge is 0.262 e. The monoisotopic (exact) mass is 346 g/mol. The van der Waals surface area contributed by atoms with E-state index in [0.717, 1.165) is 17.0 Å². The minimum Gasteiger partial charge on any atom is -0.496 e. The topological polar surface area (TPSA) is 50.8 Å². The highest BCUT2D eigenvalue weighted by molar-refractivity contribution is 6.30. The van der Waals surface area contributed by atoms with Gasteiger partial charge in [0.15, 0.2) is 6.10 Å². The van der Waals surface area contributed by atoms with Crippen molar-refractivity contribution in [3.05, 3.63) is 53.1 Å². The number of ether oxygens (including phenoxy) is 2. The van der Waals surface area contributed by atoms with Crippen LogP contribution in [0.25, 0.3) is 0 Å². The van der Waals surface area contributed by atoms with Crippen LogP contribution in [0.15, 0.2) is 42.5 Å². The number of amides is 1. The van der Waals surface area contributed by atoms with Crippen molar-refractivity contribution in [1.29, 1.82) is 0 Å². The molecule has 0 spiro atoms. The molecule has 6 heteroatoms. The third-order valence-corrected chi connectivity index (χ3v) is 4.24. The number of nitrogens with zero attached hydrogens (tertiary/aromatic N) is 1. The van der Waals surface area contributed by atoms with Gasteiger partial charge in [-0.15, -0.1) is 0 Å². The standard InChI is InChI=1S/C18H19ClN2O3/c1-20-18(22)17-11-21(14-5-3-4-6-16(14)24-17)10-12-9-13(19)7-8-15(12)23-2/h3-9,17H,10-11H2,1-2H3,(H,20,22)/t17-/m1/s1. The Labute approximate surface area is 146 Å². The normalized spacial score (nSPS) is 16.1. The minimum absolute atomic E-state index is 0.146. The molecule has 0 unspecified atom stereocenters. The summed E-state index contributed by atoms with van der Waals surface area (Å²) in [7, 11) is 3.24. The molecule has 0 fully saturated rings. The molecular weight excluding hydrogens is 328 g/mol. The number of carbonyl (C=O) groups excluding carboxylic acids is 1. The first-order valence-corrected chi connectivity index (χ1v) is 8.05. The molecule has 2 aromatic carbocycles. The lowest BCUT2D eigenvalue weighted by Crippen LogP contribution is -2.47. The maximum Gasteiger partial charge on any atom is 0.262 e. The number of fused-ring (bicyclic) bond motifs is 1. The summed E-state index contributed by atoms with van der Waals surface area (Å²) in [5.74, 6) is 1.31. The highest BCUT2D eigenvalue weighted by atomic mass is 35.5. The molecule has 0 saturated carbocycles. The Kier molecular flexibility index (Phi) is 4.81. The van der Waals surface area contributed by atoms with Gasteiger partial charge in [0.05, 0.1) is 19.3 Å². The summed E-state index contributed by atoms with van der Waals surface area (Å²) in [6.45, 7) is 1.02. The molecule has 1 atom stereocenters. The summed E-state index contributed by atoms with van der Waals surface area (Å²) in [5, 5.41) is 3.29. The molecule has 2 aromatic rings. The van der Waals surface area contributed by atoms with E-state index in [0.29, 0.717) is 23.9 Å². The molecule has 5 nitrogen and oxygen atoms in total. The molecule has 1 aliphatic heterocycles. The summed E-state index contributed by atoms with van der Waals surface area (Å²) in [4.78, 5) is 14.1. The highest BCUT2D eigenvalue weighted by Crippen LogP contribution is 2.35. The van der Waals surface area contributed by atoms with Gasteiger partial charge in [-0.2, -0.15) is 0 Å². The number of hydrogen-bond acceptors (Lipinski definition) is 4. The first kappa shape index (κ1) is 16.5. The molecule has 126 valence electrons. The molecule has 0 bridgehead atoms. The van der Waals surface area contributed by atoms with E-state index in [1.807, 2.05) is 36.4 Å². The zero-order valence-corrected chi connectivity index (χ0v) is 14.3. The minimum atomic E-state index is -0.560. The first-order valence-electron chi connectivity index (χ1n) is 7.67. The second-order valence-electron chi connectivity index (χ2n) is 5.53. The van der Waals surface area contributed by atoms with Gasteiger partial charge in [-0.05, 0) is 30.3 Å². The van der Waals surface area contributed by atoms with Crippen LogP contribution in [0.5, 0.6) is 11.5 Å². The highest BCUT2D eigenvalue weighted by Gasteiger charge is 2.30. The van der Waals surface area contributed by atoms with Crippen molar-refractivity contribution in [2.45, 2.75) is 12.6 Å². The van der Waals surface area contributed by atoms with Crippen molar-refractivity contribution in [3.63, 3.8) is 0 Å². The fourth-order valence-corrected chi connectivity index (χ4v) is 3.03. The van der Waals surface area contributed by atoms with Crippen LogP contribution in [0.4, 0.5) is 5.69 Å². The van der Waals surface area contributed by atoms with E-state index >= 15 is 0 Å². The van der Waals surface area contributed by atoms with E-state index in [2.05, 4.69) is 10.2 Å². The molecular formula is C18H19ClN2O3. The van der Waals surface area contributed by atoms with Gasteiger partial charge in [0.2, 0.25) is 0 Å². The van der Waals surface area contributed by atoms with Gasteiger partial charge >= 0.3 is 0 Å². The summed E-state index contributed by atoms with van der Waals surface area (Å²) in [5.41, 5.74) is 1.90. The molecule has 0 saturated heterocycles. The Bertz CT molecular complexity index is 751. The van der Waals surface area contributed by atoms with E-state index in [1.54, 1.807) is 20.2 Å². The average Bonchev–Trinajstić information content (AvgIpc) is 2.61. The Balaban J connectivity index is 1.94. The zero-order chi connectivity index (χ0) is 17.1. The van der Waals surface area contributed by atoms with Crippen molar-refractivity contribution in [2.75, 3.05) is 25.6 Å². The molecule has 0 aliphatic carbocycles. The first-order chi connectivity index (χ1) is 11.6. The van der Waals surface area contributed by atoms with Gasteiger partial charge in [0, 0.05) is 24.2 Å². The number of para-hydroxylation sites is 2. The van der Waals surface area contributed by atoms with E-state index in [-0.39, 0.29) is 5.91 Å². The number of anilines is 1. The lowest BCUT2D eigenvalue weighted by molar-refractivity contribution is -0.127. The predicted molar refractivity (Wildman–Crippen MR) is 94.0 cm³/mol. The second-order valence-corrected chi connectivity index (χ2v) is 5.96. The SMILES string of the molecule is CNC(=O)[C@H]1CN(Cc2cc(Cl)ccc2OC)c2ccccc2O1. The van der Waals surface area contributed by atoms with Crippen LogP contribution in [0, 0.1) is 0 Å². The summed E-state index contributed by atoms with van der Waals surface area (Å²) in [6.07, 6.45) is -0.560. The average molecular weight is 347 g/mol. The summed E-state index contributed by atoms with van der Waals surface area (Å²) < 4.78 is 11.3. The lowest BCUT2D eigenvalue weighted by atomic mass is 10.1. The number of benzene rings is 2. The molecule has 24 heavy (non-hydrogen) atoms. The van der Waals surface area contributed by atoms with Crippen molar-refractivity contribution < 1.29 is 14.3 Å². The van der Waals surface area contributed by atoms with E-state index < -0.39 is 6.10 Å². The third-order valence-electron chi connectivity index (χ3n) is 4.00. The Morgan fingerprint density at radius 2 is 2.17 bits per heavy atom. The fraction of sp³-hybridized carbons (Fsp3) is 0.278. The van der Waals surface area contributed by atoms with Gasteiger partial charge < -0.3 is 19.7 Å². The lowest BCUT2D eigenvalue weighted by Gasteiger charge is -2.35. The number of halogens is 1. The zero-order valence-electron chi connectivity index (χ0n) is 13.6. The molecule has 1 heterocycles. The maximum atomic E-state index is 12.0. The largest absolute Gasteiger partial charge is 0.496 e.